The average Bonchev–Trinajstić information content (AvgIpc) is 2.87. The van der Waals surface area contributed by atoms with Gasteiger partial charge in [0.05, 0.1) is 17.3 Å². The van der Waals surface area contributed by atoms with Crippen LogP contribution in [0.15, 0.2) is 18.2 Å². The van der Waals surface area contributed by atoms with Crippen molar-refractivity contribution in [1.82, 2.24) is 9.78 Å². The smallest absolute Gasteiger partial charge is 0.141 e. The van der Waals surface area contributed by atoms with E-state index in [0.29, 0.717) is 17.4 Å². The van der Waals surface area contributed by atoms with Crippen LogP contribution < -0.4 is 10.5 Å². The third-order valence-corrected chi connectivity index (χ3v) is 3.23. The topological polar surface area (TPSA) is 53.1 Å². The minimum Gasteiger partial charge on any atom is -0.491 e. The Labute approximate surface area is 104 Å². The number of halogens is 1. The molecule has 0 radical (unpaired) electrons. The summed E-state index contributed by atoms with van der Waals surface area (Å²) in [6.45, 7) is 0.697. The number of fused-ring (bicyclic) bond motifs is 1. The number of nitrogens with two attached hydrogens (primary N) is 1. The highest BCUT2D eigenvalue weighted by molar-refractivity contribution is 6.32. The van der Waals surface area contributed by atoms with Crippen molar-refractivity contribution >= 4 is 17.4 Å². The number of benzene rings is 1. The molecule has 88 valence electrons. The maximum atomic E-state index is 6.18. The molecule has 3 rings (SSSR count). The lowest BCUT2D eigenvalue weighted by molar-refractivity contribution is 0.357. The SMILES string of the molecule is Cn1nc(-c2cc(Cl)c3c(c2)CCO3)cc1N. The maximum absolute atomic E-state index is 6.18. The van der Waals surface area contributed by atoms with Gasteiger partial charge in [-0.1, -0.05) is 11.6 Å². The van der Waals surface area contributed by atoms with Crippen molar-refractivity contribution in [2.75, 3.05) is 12.3 Å². The molecule has 0 unspecified atom stereocenters. The molecule has 0 atom stereocenters. The first-order valence-electron chi connectivity index (χ1n) is 5.40. The fourth-order valence-corrected chi connectivity index (χ4v) is 2.32. The van der Waals surface area contributed by atoms with Crippen LogP contribution in [-0.2, 0) is 13.5 Å². The minimum atomic E-state index is 0.632. The molecule has 1 aromatic heterocycles. The number of hydrogen-bond donors (Lipinski definition) is 1. The summed E-state index contributed by atoms with van der Waals surface area (Å²) in [6.07, 6.45) is 0.894. The Morgan fingerprint density at radius 3 is 2.94 bits per heavy atom. The molecule has 1 aromatic carbocycles. The lowest BCUT2D eigenvalue weighted by atomic mass is 10.1. The van der Waals surface area contributed by atoms with Gasteiger partial charge in [-0.05, 0) is 17.7 Å². The standard InChI is InChI=1S/C12H12ClN3O/c1-16-11(14)6-10(15-16)8-4-7-2-3-17-12(7)9(13)5-8/h4-6H,2-3,14H2,1H3. The van der Waals surface area contributed by atoms with Crippen LogP contribution in [0, 0.1) is 0 Å². The zero-order chi connectivity index (χ0) is 12.0. The molecule has 0 saturated heterocycles. The van der Waals surface area contributed by atoms with Gasteiger partial charge in [0.2, 0.25) is 0 Å². The largest absolute Gasteiger partial charge is 0.491 e. The Morgan fingerprint density at radius 2 is 2.24 bits per heavy atom. The zero-order valence-corrected chi connectivity index (χ0v) is 10.2. The molecule has 17 heavy (non-hydrogen) atoms. The third-order valence-electron chi connectivity index (χ3n) is 2.95. The van der Waals surface area contributed by atoms with Gasteiger partial charge < -0.3 is 10.5 Å². The second kappa shape index (κ2) is 3.67. The molecule has 2 N–H and O–H groups in total. The van der Waals surface area contributed by atoms with E-state index in [2.05, 4.69) is 11.2 Å². The van der Waals surface area contributed by atoms with E-state index >= 15 is 0 Å². The Hall–Kier alpha value is -1.68. The third kappa shape index (κ3) is 1.65. The van der Waals surface area contributed by atoms with Crippen LogP contribution in [-0.4, -0.2) is 16.4 Å². The van der Waals surface area contributed by atoms with Crippen molar-refractivity contribution in [2.45, 2.75) is 6.42 Å². The Balaban J connectivity index is 2.13. The number of aryl methyl sites for hydroxylation is 1. The fourth-order valence-electron chi connectivity index (χ4n) is 2.03. The summed E-state index contributed by atoms with van der Waals surface area (Å²) in [5.74, 6) is 1.44. The van der Waals surface area contributed by atoms with E-state index in [-0.39, 0.29) is 0 Å². The summed E-state index contributed by atoms with van der Waals surface area (Å²) < 4.78 is 7.11. The second-order valence-corrected chi connectivity index (χ2v) is 4.53. The first-order chi connectivity index (χ1) is 8.15. The highest BCUT2D eigenvalue weighted by Gasteiger charge is 2.18. The molecular weight excluding hydrogens is 238 g/mol. The van der Waals surface area contributed by atoms with Crippen molar-refractivity contribution in [3.05, 3.63) is 28.8 Å². The number of rotatable bonds is 1. The molecule has 0 amide bonds. The molecule has 1 aliphatic rings. The van der Waals surface area contributed by atoms with E-state index in [4.69, 9.17) is 22.1 Å². The van der Waals surface area contributed by atoms with E-state index in [1.807, 2.05) is 19.2 Å². The van der Waals surface area contributed by atoms with Crippen LogP contribution in [0.3, 0.4) is 0 Å². The fraction of sp³-hybridized carbons (Fsp3) is 0.250. The first-order valence-corrected chi connectivity index (χ1v) is 5.78. The number of nitrogen functional groups attached to an aromatic ring is 1. The minimum absolute atomic E-state index is 0.632. The van der Waals surface area contributed by atoms with Crippen molar-refractivity contribution in [2.24, 2.45) is 7.05 Å². The quantitative estimate of drug-likeness (QED) is 0.844. The van der Waals surface area contributed by atoms with Crippen LogP contribution in [0.2, 0.25) is 5.02 Å². The first kappa shape index (κ1) is 10.5. The predicted molar refractivity (Wildman–Crippen MR) is 67.3 cm³/mol. The highest BCUT2D eigenvalue weighted by Crippen LogP contribution is 2.37. The van der Waals surface area contributed by atoms with Gasteiger partial charge >= 0.3 is 0 Å². The van der Waals surface area contributed by atoms with Gasteiger partial charge in [0.25, 0.3) is 0 Å². The molecular formula is C12H12ClN3O. The summed E-state index contributed by atoms with van der Waals surface area (Å²) in [6, 6.07) is 5.78. The Bertz CT molecular complexity index is 572. The highest BCUT2D eigenvalue weighted by atomic mass is 35.5. The lowest BCUT2D eigenvalue weighted by Gasteiger charge is -2.04. The summed E-state index contributed by atoms with van der Waals surface area (Å²) in [4.78, 5) is 0. The summed E-state index contributed by atoms with van der Waals surface area (Å²) in [7, 11) is 1.82. The van der Waals surface area contributed by atoms with Crippen molar-refractivity contribution in [3.63, 3.8) is 0 Å². The lowest BCUT2D eigenvalue weighted by Crippen LogP contribution is -1.96. The summed E-state index contributed by atoms with van der Waals surface area (Å²) >= 11 is 6.18. The van der Waals surface area contributed by atoms with Gasteiger partial charge in [0.15, 0.2) is 0 Å². The molecule has 0 spiro atoms. The van der Waals surface area contributed by atoms with Crippen LogP contribution >= 0.6 is 11.6 Å². The zero-order valence-electron chi connectivity index (χ0n) is 9.40. The molecule has 0 fully saturated rings. The molecule has 1 aliphatic heterocycles. The van der Waals surface area contributed by atoms with Crippen LogP contribution in [0.5, 0.6) is 5.75 Å². The van der Waals surface area contributed by atoms with E-state index in [1.54, 1.807) is 4.68 Å². The maximum Gasteiger partial charge on any atom is 0.141 e. The number of hydrogen-bond acceptors (Lipinski definition) is 3. The van der Waals surface area contributed by atoms with E-state index in [0.717, 1.165) is 29.0 Å². The monoisotopic (exact) mass is 249 g/mol. The number of nitrogens with zero attached hydrogens (tertiary/aromatic N) is 2. The van der Waals surface area contributed by atoms with Crippen LogP contribution in [0.25, 0.3) is 11.3 Å². The number of aromatic nitrogens is 2. The molecule has 5 heteroatoms. The van der Waals surface area contributed by atoms with Gasteiger partial charge in [0, 0.05) is 25.1 Å². The van der Waals surface area contributed by atoms with E-state index in [1.165, 1.54) is 0 Å². The van der Waals surface area contributed by atoms with Crippen molar-refractivity contribution < 1.29 is 4.74 Å². The van der Waals surface area contributed by atoms with Gasteiger partial charge in [-0.15, -0.1) is 0 Å². The van der Waals surface area contributed by atoms with Gasteiger partial charge in [0.1, 0.15) is 11.6 Å². The molecule has 0 aliphatic carbocycles. The van der Waals surface area contributed by atoms with Crippen LogP contribution in [0.1, 0.15) is 5.56 Å². The van der Waals surface area contributed by atoms with E-state index < -0.39 is 0 Å². The molecule has 4 nitrogen and oxygen atoms in total. The number of ether oxygens (including phenoxy) is 1. The van der Waals surface area contributed by atoms with Crippen molar-refractivity contribution in [3.8, 4) is 17.0 Å². The summed E-state index contributed by atoms with van der Waals surface area (Å²) in [5.41, 5.74) is 8.72. The molecule has 0 bridgehead atoms. The normalized spacial score (nSPS) is 13.5. The second-order valence-electron chi connectivity index (χ2n) is 4.12. The summed E-state index contributed by atoms with van der Waals surface area (Å²) in [5, 5.41) is 4.98. The molecule has 2 heterocycles. The van der Waals surface area contributed by atoms with Gasteiger partial charge in [-0.3, -0.25) is 4.68 Å². The van der Waals surface area contributed by atoms with Crippen molar-refractivity contribution in [1.29, 1.82) is 0 Å². The Morgan fingerprint density at radius 1 is 1.41 bits per heavy atom. The predicted octanol–water partition coefficient (Wildman–Crippen LogP) is 2.26. The Kier molecular flexibility index (Phi) is 2.26. The van der Waals surface area contributed by atoms with Gasteiger partial charge in [-0.2, -0.15) is 5.10 Å². The molecule has 2 aromatic rings. The number of anilines is 1. The molecule has 0 saturated carbocycles. The van der Waals surface area contributed by atoms with Gasteiger partial charge in [-0.25, -0.2) is 0 Å². The van der Waals surface area contributed by atoms with E-state index in [9.17, 15) is 0 Å². The average molecular weight is 250 g/mol. The van der Waals surface area contributed by atoms with Crippen LogP contribution in [0.4, 0.5) is 5.82 Å².